The van der Waals surface area contributed by atoms with Crippen molar-refractivity contribution in [2.24, 2.45) is 4.99 Å². The molecule has 1 atom stereocenters. The van der Waals surface area contributed by atoms with Gasteiger partial charge in [0.1, 0.15) is 0 Å². The molecule has 23 heavy (non-hydrogen) atoms. The number of amides is 1. The highest BCUT2D eigenvalue weighted by Gasteiger charge is 2.29. The first-order valence-corrected chi connectivity index (χ1v) is 8.38. The van der Waals surface area contributed by atoms with Gasteiger partial charge in [0.05, 0.1) is 18.4 Å². The van der Waals surface area contributed by atoms with Crippen molar-refractivity contribution in [3.05, 3.63) is 24.5 Å². The number of nitrogens with zero attached hydrogens (tertiary/aromatic N) is 2. The van der Waals surface area contributed by atoms with Crippen LogP contribution in [0.5, 0.6) is 0 Å². The summed E-state index contributed by atoms with van der Waals surface area (Å²) in [5.41, 5.74) is 0.687. The summed E-state index contributed by atoms with van der Waals surface area (Å²) >= 11 is 1.99. The van der Waals surface area contributed by atoms with Gasteiger partial charge in [-0.2, -0.15) is 11.8 Å². The van der Waals surface area contributed by atoms with Crippen LogP contribution >= 0.6 is 35.7 Å². The smallest absolute Gasteiger partial charge is 0.243 e. The summed E-state index contributed by atoms with van der Waals surface area (Å²) < 4.78 is 0.260. The number of aliphatic imine (C=N–C) groups is 1. The SMILES string of the molecule is CN=C(NCC(=O)Nc1cccnc1)NCC1(C)CCCS1.I. The Kier molecular flexibility index (Phi) is 8.67. The number of carbonyl (C=O) groups excluding carboxylic acids is 1. The number of rotatable bonds is 5. The first-order valence-electron chi connectivity index (χ1n) is 7.40. The summed E-state index contributed by atoms with van der Waals surface area (Å²) in [6.07, 6.45) is 5.76. The topological polar surface area (TPSA) is 78.4 Å². The van der Waals surface area contributed by atoms with Crippen LogP contribution in [0.4, 0.5) is 5.69 Å². The van der Waals surface area contributed by atoms with Gasteiger partial charge in [0.25, 0.3) is 0 Å². The number of hydrogen-bond acceptors (Lipinski definition) is 4. The molecule has 128 valence electrons. The highest BCUT2D eigenvalue weighted by molar-refractivity contribution is 14.0. The molecule has 1 aromatic heterocycles. The third kappa shape index (κ3) is 6.94. The maximum atomic E-state index is 11.9. The molecule has 2 rings (SSSR count). The molecule has 0 aromatic carbocycles. The van der Waals surface area contributed by atoms with Gasteiger partial charge in [0.2, 0.25) is 5.91 Å². The number of anilines is 1. The van der Waals surface area contributed by atoms with Crippen LogP contribution in [0.2, 0.25) is 0 Å². The van der Waals surface area contributed by atoms with Gasteiger partial charge < -0.3 is 16.0 Å². The van der Waals surface area contributed by atoms with E-state index in [-0.39, 0.29) is 41.2 Å². The Bertz CT molecular complexity index is 520. The van der Waals surface area contributed by atoms with Gasteiger partial charge in [-0.1, -0.05) is 0 Å². The lowest BCUT2D eigenvalue weighted by Crippen LogP contribution is -2.45. The lowest BCUT2D eigenvalue weighted by Gasteiger charge is -2.24. The molecule has 0 bridgehead atoms. The summed E-state index contributed by atoms with van der Waals surface area (Å²) in [6.45, 7) is 3.28. The normalized spacial score (nSPS) is 20.5. The van der Waals surface area contributed by atoms with Crippen LogP contribution in [-0.2, 0) is 4.79 Å². The van der Waals surface area contributed by atoms with E-state index < -0.39 is 0 Å². The molecule has 0 aliphatic carbocycles. The molecule has 1 saturated heterocycles. The highest BCUT2D eigenvalue weighted by atomic mass is 127. The average Bonchev–Trinajstić information content (AvgIpc) is 2.95. The second-order valence-electron chi connectivity index (χ2n) is 5.47. The molecule has 0 spiro atoms. The molecule has 3 N–H and O–H groups in total. The van der Waals surface area contributed by atoms with Crippen molar-refractivity contribution in [2.45, 2.75) is 24.5 Å². The van der Waals surface area contributed by atoms with Crippen LogP contribution in [0.1, 0.15) is 19.8 Å². The Morgan fingerprint density at radius 2 is 2.30 bits per heavy atom. The average molecular weight is 449 g/mol. The molecular weight excluding hydrogens is 425 g/mol. The maximum absolute atomic E-state index is 11.9. The van der Waals surface area contributed by atoms with Crippen molar-refractivity contribution in [1.82, 2.24) is 15.6 Å². The summed E-state index contributed by atoms with van der Waals surface area (Å²) in [5, 5.41) is 9.10. The Hall–Kier alpha value is -1.03. The molecule has 1 unspecified atom stereocenters. The van der Waals surface area contributed by atoms with E-state index in [2.05, 4.69) is 32.9 Å². The van der Waals surface area contributed by atoms with Crippen molar-refractivity contribution >= 4 is 53.3 Å². The van der Waals surface area contributed by atoms with Crippen molar-refractivity contribution < 1.29 is 4.79 Å². The summed E-state index contributed by atoms with van der Waals surface area (Å²) in [6, 6.07) is 3.58. The minimum absolute atomic E-state index is 0. The number of aromatic nitrogens is 1. The number of thioether (sulfide) groups is 1. The van der Waals surface area contributed by atoms with Crippen LogP contribution in [0.25, 0.3) is 0 Å². The molecule has 1 aliphatic heterocycles. The standard InChI is InChI=1S/C15H23N5OS.HI/c1-15(6-4-8-22-15)11-19-14(16-2)18-10-13(21)20-12-5-3-7-17-9-12;/h3,5,7,9H,4,6,8,10-11H2,1-2H3,(H,20,21)(H2,16,18,19);1H. The van der Waals surface area contributed by atoms with Gasteiger partial charge in [-0.25, -0.2) is 0 Å². The monoisotopic (exact) mass is 449 g/mol. The van der Waals surface area contributed by atoms with E-state index in [0.29, 0.717) is 11.6 Å². The van der Waals surface area contributed by atoms with Crippen molar-refractivity contribution in [1.29, 1.82) is 0 Å². The molecule has 6 nitrogen and oxygen atoms in total. The highest BCUT2D eigenvalue weighted by Crippen LogP contribution is 2.36. The Labute approximate surface area is 158 Å². The van der Waals surface area contributed by atoms with Gasteiger partial charge in [0.15, 0.2) is 5.96 Å². The molecule has 0 saturated carbocycles. The molecule has 1 aliphatic rings. The first kappa shape index (κ1) is 20.0. The molecule has 1 fully saturated rings. The minimum Gasteiger partial charge on any atom is -0.355 e. The van der Waals surface area contributed by atoms with Gasteiger partial charge in [-0.3, -0.25) is 14.8 Å². The molecule has 1 amide bonds. The second kappa shape index (κ2) is 9.96. The van der Waals surface area contributed by atoms with Gasteiger partial charge in [-0.05, 0) is 37.7 Å². The quantitative estimate of drug-likeness (QED) is 0.365. The Morgan fingerprint density at radius 3 is 2.91 bits per heavy atom. The van der Waals surface area contributed by atoms with Crippen LogP contribution in [0.3, 0.4) is 0 Å². The van der Waals surface area contributed by atoms with E-state index in [4.69, 9.17) is 0 Å². The van der Waals surface area contributed by atoms with E-state index in [1.807, 2.05) is 11.8 Å². The molecule has 0 radical (unpaired) electrons. The zero-order valence-electron chi connectivity index (χ0n) is 13.5. The van der Waals surface area contributed by atoms with Crippen molar-refractivity contribution in [3.8, 4) is 0 Å². The lowest BCUT2D eigenvalue weighted by atomic mass is 10.1. The fourth-order valence-electron chi connectivity index (χ4n) is 2.27. The summed E-state index contributed by atoms with van der Waals surface area (Å²) in [5.74, 6) is 1.74. The maximum Gasteiger partial charge on any atom is 0.243 e. The van der Waals surface area contributed by atoms with E-state index in [1.54, 1.807) is 31.6 Å². The van der Waals surface area contributed by atoms with E-state index in [0.717, 1.165) is 6.54 Å². The molecule has 2 heterocycles. The zero-order chi connectivity index (χ0) is 15.8. The second-order valence-corrected chi connectivity index (χ2v) is 7.15. The summed E-state index contributed by atoms with van der Waals surface area (Å²) in [7, 11) is 1.71. The lowest BCUT2D eigenvalue weighted by molar-refractivity contribution is -0.115. The van der Waals surface area contributed by atoms with Gasteiger partial charge >= 0.3 is 0 Å². The number of nitrogens with one attached hydrogen (secondary N) is 3. The third-order valence-electron chi connectivity index (χ3n) is 3.52. The van der Waals surface area contributed by atoms with Crippen LogP contribution in [0, 0.1) is 0 Å². The van der Waals surface area contributed by atoms with Crippen molar-refractivity contribution in [2.75, 3.05) is 31.2 Å². The fraction of sp³-hybridized carbons (Fsp3) is 0.533. The first-order chi connectivity index (χ1) is 10.6. The fourth-order valence-corrected chi connectivity index (χ4v) is 3.52. The molecule has 1 aromatic rings. The predicted molar refractivity (Wildman–Crippen MR) is 108 cm³/mol. The van der Waals surface area contributed by atoms with Gasteiger partial charge in [0, 0.05) is 24.5 Å². The van der Waals surface area contributed by atoms with E-state index in [1.165, 1.54) is 18.6 Å². The number of halogens is 1. The number of guanidine groups is 1. The molecular formula is C15H24IN5OS. The van der Waals surface area contributed by atoms with Crippen LogP contribution in [0.15, 0.2) is 29.5 Å². The Balaban J connectivity index is 0.00000264. The Morgan fingerprint density at radius 1 is 1.48 bits per heavy atom. The molecule has 8 heteroatoms. The predicted octanol–water partition coefficient (Wildman–Crippen LogP) is 2.09. The van der Waals surface area contributed by atoms with E-state index in [9.17, 15) is 4.79 Å². The number of hydrogen-bond donors (Lipinski definition) is 3. The summed E-state index contributed by atoms with van der Waals surface area (Å²) in [4.78, 5) is 20.0. The van der Waals surface area contributed by atoms with Gasteiger partial charge in [-0.15, -0.1) is 24.0 Å². The van der Waals surface area contributed by atoms with Crippen molar-refractivity contribution in [3.63, 3.8) is 0 Å². The third-order valence-corrected chi connectivity index (χ3v) is 5.05. The zero-order valence-corrected chi connectivity index (χ0v) is 16.6. The van der Waals surface area contributed by atoms with E-state index >= 15 is 0 Å². The number of pyridine rings is 1. The number of carbonyl (C=O) groups is 1. The van der Waals surface area contributed by atoms with Crippen LogP contribution < -0.4 is 16.0 Å². The largest absolute Gasteiger partial charge is 0.355 e. The minimum atomic E-state index is -0.127. The van der Waals surface area contributed by atoms with Crippen LogP contribution in [-0.4, -0.2) is 47.5 Å².